The number of nitrogens with zero attached hydrogens (tertiary/aromatic N) is 1. The fraction of sp³-hybridized carbons (Fsp3) is 0.429. The Hall–Kier alpha value is -1.40. The Bertz CT molecular complexity index is 538. The molecule has 1 rings (SSSR count). The van der Waals surface area contributed by atoms with Gasteiger partial charge in [-0.3, -0.25) is 4.79 Å². The van der Waals surface area contributed by atoms with Gasteiger partial charge in [0, 0.05) is 12.6 Å². The Labute approximate surface area is 121 Å². The number of amides is 1. The van der Waals surface area contributed by atoms with Gasteiger partial charge in [0.2, 0.25) is 0 Å². The van der Waals surface area contributed by atoms with Crippen molar-refractivity contribution in [2.45, 2.75) is 32.4 Å². The molecular weight excluding hydrogens is 279 g/mol. The fourth-order valence-electron chi connectivity index (χ4n) is 1.37. The fourth-order valence-corrected chi connectivity index (χ4v) is 2.00. The number of hydrogen-bond donors (Lipinski definition) is 1. The van der Waals surface area contributed by atoms with Crippen LogP contribution in [0.15, 0.2) is 22.6 Å². The third-order valence-electron chi connectivity index (χ3n) is 2.60. The van der Waals surface area contributed by atoms with Crippen LogP contribution in [0.1, 0.15) is 43.6 Å². The van der Waals surface area contributed by atoms with Crippen LogP contribution in [0.25, 0.3) is 0 Å². The maximum absolute atomic E-state index is 13.8. The van der Waals surface area contributed by atoms with Gasteiger partial charge in [-0.1, -0.05) is 10.5 Å². The molecule has 1 amide bonds. The molecule has 110 valence electrons. The quantitative estimate of drug-likeness (QED) is 0.688. The Morgan fingerprint density at radius 3 is 2.45 bits per heavy atom. The smallest absolute Gasteiger partial charge is 0.253 e. The Kier molecular flexibility index (Phi) is 5.30. The molecule has 0 heterocycles. The highest BCUT2D eigenvalue weighted by Crippen LogP contribution is 2.19. The van der Waals surface area contributed by atoms with Crippen LogP contribution in [0, 0.1) is 5.82 Å². The van der Waals surface area contributed by atoms with Crippen molar-refractivity contribution in [3.63, 3.8) is 0 Å². The predicted molar refractivity (Wildman–Crippen MR) is 79.9 cm³/mol. The molecule has 1 aromatic carbocycles. The summed E-state index contributed by atoms with van der Waals surface area (Å²) in [4.78, 5) is 11.4. The molecule has 0 radical (unpaired) electrons. The van der Waals surface area contributed by atoms with Crippen LogP contribution in [-0.2, 0) is 11.4 Å². The summed E-state index contributed by atoms with van der Waals surface area (Å²) >= 11 is -1.40. The highest BCUT2D eigenvalue weighted by atomic mass is 32.2. The third kappa shape index (κ3) is 4.05. The van der Waals surface area contributed by atoms with E-state index in [2.05, 4.69) is 9.71 Å². The topological polar surface area (TPSA) is 64.5 Å². The van der Waals surface area contributed by atoms with Crippen molar-refractivity contribution in [2.75, 3.05) is 7.05 Å². The van der Waals surface area contributed by atoms with Crippen LogP contribution in [0.3, 0.4) is 0 Å². The summed E-state index contributed by atoms with van der Waals surface area (Å²) in [5.74, 6) is -1.11. The molecule has 0 bridgehead atoms. The minimum Gasteiger partial charge on any atom is -0.591 e. The number of halogens is 1. The number of rotatable bonds is 3. The molecule has 0 aromatic heterocycles. The van der Waals surface area contributed by atoms with Crippen LogP contribution < -0.4 is 5.32 Å². The Balaban J connectivity index is 3.07. The monoisotopic (exact) mass is 298 g/mol. The Morgan fingerprint density at radius 1 is 1.40 bits per heavy atom. The number of carbonyl (C=O) groups is 1. The van der Waals surface area contributed by atoms with Crippen molar-refractivity contribution in [2.24, 2.45) is 4.40 Å². The zero-order chi connectivity index (χ0) is 15.5. The van der Waals surface area contributed by atoms with E-state index in [9.17, 15) is 13.7 Å². The summed E-state index contributed by atoms with van der Waals surface area (Å²) in [6, 6.07) is 4.21. The average molecular weight is 298 g/mol. The summed E-state index contributed by atoms with van der Waals surface area (Å²) in [7, 11) is 1.44. The minimum absolute atomic E-state index is 0.0269. The molecule has 0 spiro atoms. The van der Waals surface area contributed by atoms with Crippen molar-refractivity contribution in [1.82, 2.24) is 5.32 Å². The summed E-state index contributed by atoms with van der Waals surface area (Å²) in [5.41, 5.74) is 0.953. The van der Waals surface area contributed by atoms with Gasteiger partial charge in [0.15, 0.2) is 0 Å². The molecule has 4 nitrogen and oxygen atoms in total. The first kappa shape index (κ1) is 16.7. The van der Waals surface area contributed by atoms with Crippen molar-refractivity contribution in [3.8, 4) is 0 Å². The lowest BCUT2D eigenvalue weighted by atomic mass is 10.1. The molecule has 6 heteroatoms. The molecule has 1 atom stereocenters. The molecule has 0 aliphatic heterocycles. The van der Waals surface area contributed by atoms with E-state index in [4.69, 9.17) is 0 Å². The Morgan fingerprint density at radius 2 is 2.00 bits per heavy atom. The van der Waals surface area contributed by atoms with E-state index in [1.807, 2.05) is 20.8 Å². The summed E-state index contributed by atoms with van der Waals surface area (Å²) in [6.07, 6.45) is 0. The molecule has 20 heavy (non-hydrogen) atoms. The molecule has 1 aromatic rings. The number of carbonyl (C=O) groups excluding carboxylic acids is 1. The van der Waals surface area contributed by atoms with Crippen molar-refractivity contribution in [3.05, 3.63) is 35.1 Å². The number of benzene rings is 1. The van der Waals surface area contributed by atoms with Gasteiger partial charge in [-0.05, 0) is 39.8 Å². The summed E-state index contributed by atoms with van der Waals surface area (Å²) in [5, 5.41) is 2.37. The van der Waals surface area contributed by atoms with E-state index < -0.39 is 27.8 Å². The number of nitrogens with one attached hydrogen (secondary N) is 1. The van der Waals surface area contributed by atoms with Crippen molar-refractivity contribution >= 4 is 23.0 Å². The summed E-state index contributed by atoms with van der Waals surface area (Å²) < 4.78 is 29.4. The second-order valence-electron chi connectivity index (χ2n) is 5.31. The van der Waals surface area contributed by atoms with Gasteiger partial charge in [-0.25, -0.2) is 4.39 Å². The molecule has 0 saturated carbocycles. The van der Waals surface area contributed by atoms with Gasteiger partial charge in [0.1, 0.15) is 21.9 Å². The predicted octanol–water partition coefficient (Wildman–Crippen LogP) is 2.46. The van der Waals surface area contributed by atoms with E-state index >= 15 is 0 Å². The van der Waals surface area contributed by atoms with Gasteiger partial charge in [0.05, 0.1) is 11.3 Å². The standard InChI is InChI=1S/C14H19FN2O2S/c1-9(17-20(19)14(2,3)4)10-6-7-11(12(15)8-10)13(18)16-5/h6-8H,1-5H3,(H,16,18). The zero-order valence-electron chi connectivity index (χ0n) is 12.3. The van der Waals surface area contributed by atoms with Crippen molar-refractivity contribution in [1.29, 1.82) is 0 Å². The number of hydrogen-bond acceptors (Lipinski definition) is 3. The van der Waals surface area contributed by atoms with Gasteiger partial charge >= 0.3 is 0 Å². The molecule has 0 aliphatic rings. The van der Waals surface area contributed by atoms with Crippen molar-refractivity contribution < 1.29 is 13.7 Å². The molecular formula is C14H19FN2O2S. The lowest BCUT2D eigenvalue weighted by Crippen LogP contribution is -2.26. The molecule has 0 fully saturated rings. The molecule has 1 unspecified atom stereocenters. The lowest BCUT2D eigenvalue weighted by molar-refractivity contribution is 0.0959. The second-order valence-corrected chi connectivity index (χ2v) is 7.22. The van der Waals surface area contributed by atoms with E-state index in [0.29, 0.717) is 11.3 Å². The third-order valence-corrected chi connectivity index (χ3v) is 4.09. The molecule has 0 aliphatic carbocycles. The minimum atomic E-state index is -1.40. The first-order valence-electron chi connectivity index (χ1n) is 6.16. The normalized spacial score (nSPS) is 14.1. The maximum atomic E-state index is 13.8. The van der Waals surface area contributed by atoms with E-state index in [1.165, 1.54) is 19.2 Å². The van der Waals surface area contributed by atoms with Gasteiger partial charge in [-0.2, -0.15) is 0 Å². The van der Waals surface area contributed by atoms with E-state index in [1.54, 1.807) is 13.0 Å². The average Bonchev–Trinajstić information content (AvgIpc) is 2.36. The van der Waals surface area contributed by atoms with Gasteiger partial charge in [0.25, 0.3) is 5.91 Å². The second kappa shape index (κ2) is 6.37. The molecule has 0 saturated heterocycles. The zero-order valence-corrected chi connectivity index (χ0v) is 13.1. The largest absolute Gasteiger partial charge is 0.591 e. The molecule has 1 N–H and O–H groups in total. The maximum Gasteiger partial charge on any atom is 0.253 e. The SMILES string of the molecule is CNC(=O)c1ccc(C(C)=N[S+]([O-])C(C)(C)C)cc1F. The van der Waals surface area contributed by atoms with Crippen LogP contribution in [0.2, 0.25) is 0 Å². The van der Waals surface area contributed by atoms with Crippen LogP contribution in [-0.4, -0.2) is 28.0 Å². The van der Waals surface area contributed by atoms with E-state index in [-0.39, 0.29) is 5.56 Å². The van der Waals surface area contributed by atoms with Gasteiger partial charge in [-0.15, -0.1) is 0 Å². The first-order chi connectivity index (χ1) is 9.16. The lowest BCUT2D eigenvalue weighted by Gasteiger charge is -2.18. The summed E-state index contributed by atoms with van der Waals surface area (Å²) in [6.45, 7) is 7.11. The van der Waals surface area contributed by atoms with Crippen LogP contribution in [0.4, 0.5) is 4.39 Å². The van der Waals surface area contributed by atoms with Gasteiger partial charge < -0.3 is 9.87 Å². The van der Waals surface area contributed by atoms with Crippen LogP contribution in [0.5, 0.6) is 0 Å². The highest BCUT2D eigenvalue weighted by Gasteiger charge is 2.27. The first-order valence-corrected chi connectivity index (χ1v) is 7.26. The highest BCUT2D eigenvalue weighted by molar-refractivity contribution is 7.91. The van der Waals surface area contributed by atoms with Crippen LogP contribution >= 0.6 is 0 Å². The van der Waals surface area contributed by atoms with E-state index in [0.717, 1.165) is 0 Å².